The summed E-state index contributed by atoms with van der Waals surface area (Å²) in [6, 6.07) is 9.47. The lowest BCUT2D eigenvalue weighted by atomic mass is 10.1. The molecule has 1 aliphatic rings. The minimum absolute atomic E-state index is 0.123. The van der Waals surface area contributed by atoms with Crippen molar-refractivity contribution in [2.45, 2.75) is 31.3 Å². The van der Waals surface area contributed by atoms with Crippen molar-refractivity contribution in [3.8, 4) is 5.69 Å². The van der Waals surface area contributed by atoms with Crippen molar-refractivity contribution in [2.75, 3.05) is 17.7 Å². The largest absolute Gasteiger partial charge is 0.462 e. The number of ether oxygens (including phenoxy) is 1. The van der Waals surface area contributed by atoms with Crippen LogP contribution in [0.3, 0.4) is 0 Å². The van der Waals surface area contributed by atoms with Crippen LogP contribution in [0.25, 0.3) is 5.69 Å². The number of aromatic nitrogens is 4. The van der Waals surface area contributed by atoms with E-state index in [4.69, 9.17) is 4.74 Å². The van der Waals surface area contributed by atoms with Gasteiger partial charge in [0, 0.05) is 4.88 Å². The number of anilines is 1. The van der Waals surface area contributed by atoms with Crippen LogP contribution in [-0.2, 0) is 22.4 Å². The predicted molar refractivity (Wildman–Crippen MR) is 111 cm³/mol. The zero-order chi connectivity index (χ0) is 20.2. The summed E-state index contributed by atoms with van der Waals surface area (Å²) in [6.07, 6.45) is 2.80. The van der Waals surface area contributed by atoms with E-state index in [1.54, 1.807) is 11.6 Å². The van der Waals surface area contributed by atoms with Gasteiger partial charge in [-0.25, -0.2) is 4.79 Å². The van der Waals surface area contributed by atoms with Crippen molar-refractivity contribution in [3.63, 3.8) is 0 Å². The first-order chi connectivity index (χ1) is 14.2. The van der Waals surface area contributed by atoms with Crippen LogP contribution in [0.5, 0.6) is 0 Å². The number of nitrogens with one attached hydrogen (secondary N) is 1. The highest BCUT2D eigenvalue weighted by molar-refractivity contribution is 7.99. The van der Waals surface area contributed by atoms with Gasteiger partial charge in [0.25, 0.3) is 0 Å². The van der Waals surface area contributed by atoms with Gasteiger partial charge in [0.1, 0.15) is 5.00 Å². The summed E-state index contributed by atoms with van der Waals surface area (Å²) >= 11 is 2.70. The molecule has 150 valence electrons. The van der Waals surface area contributed by atoms with Gasteiger partial charge in [-0.1, -0.05) is 30.0 Å². The Balaban J connectivity index is 1.45. The number of fused-ring (bicyclic) bond motifs is 1. The van der Waals surface area contributed by atoms with Crippen LogP contribution in [0.4, 0.5) is 5.00 Å². The standard InChI is InChI=1S/C19H19N5O3S2/c1-2-27-18(26)16-13-9-6-10-14(13)29-17(16)20-15(25)11-28-19-21-22-23-24(19)12-7-4-3-5-8-12/h3-5,7-8H,2,6,9-11H2,1H3,(H,20,25). The van der Waals surface area contributed by atoms with Gasteiger partial charge in [0.2, 0.25) is 11.1 Å². The Morgan fingerprint density at radius 1 is 1.28 bits per heavy atom. The van der Waals surface area contributed by atoms with Gasteiger partial charge in [-0.3, -0.25) is 4.79 Å². The van der Waals surface area contributed by atoms with Crippen molar-refractivity contribution < 1.29 is 14.3 Å². The SMILES string of the molecule is CCOC(=O)c1c(NC(=O)CSc2nnnn2-c2ccccc2)sc2c1CCC2. The normalized spacial score (nSPS) is 12.6. The number of benzene rings is 1. The van der Waals surface area contributed by atoms with E-state index < -0.39 is 0 Å². The van der Waals surface area contributed by atoms with Gasteiger partial charge in [-0.15, -0.1) is 16.4 Å². The molecule has 2 aromatic heterocycles. The fourth-order valence-corrected chi connectivity index (χ4v) is 5.19. The molecule has 4 rings (SSSR count). The Bertz CT molecular complexity index is 1030. The molecule has 10 heteroatoms. The van der Waals surface area contributed by atoms with Crippen LogP contribution in [-0.4, -0.2) is 44.4 Å². The second kappa shape index (κ2) is 8.75. The number of thioether (sulfide) groups is 1. The quantitative estimate of drug-likeness (QED) is 0.455. The van der Waals surface area contributed by atoms with E-state index in [0.717, 1.165) is 35.4 Å². The summed E-state index contributed by atoms with van der Waals surface area (Å²) in [5, 5.41) is 15.7. The Labute approximate surface area is 175 Å². The van der Waals surface area contributed by atoms with E-state index in [-0.39, 0.29) is 17.6 Å². The Morgan fingerprint density at radius 3 is 2.90 bits per heavy atom. The third-order valence-corrected chi connectivity index (χ3v) is 6.55. The molecule has 0 bridgehead atoms. The summed E-state index contributed by atoms with van der Waals surface area (Å²) in [7, 11) is 0. The number of esters is 1. The molecule has 0 saturated carbocycles. The molecule has 0 radical (unpaired) electrons. The van der Waals surface area contributed by atoms with Crippen LogP contribution in [0.15, 0.2) is 35.5 Å². The summed E-state index contributed by atoms with van der Waals surface area (Å²) in [5.41, 5.74) is 2.35. The first kappa shape index (κ1) is 19.6. The van der Waals surface area contributed by atoms with E-state index in [9.17, 15) is 9.59 Å². The maximum absolute atomic E-state index is 12.6. The second-order valence-electron chi connectivity index (χ2n) is 6.33. The van der Waals surface area contributed by atoms with Crippen LogP contribution in [0.1, 0.15) is 34.1 Å². The maximum Gasteiger partial charge on any atom is 0.341 e. The van der Waals surface area contributed by atoms with Crippen molar-refractivity contribution >= 4 is 40.0 Å². The summed E-state index contributed by atoms with van der Waals surface area (Å²) in [6.45, 7) is 2.07. The molecule has 0 saturated heterocycles. The minimum Gasteiger partial charge on any atom is -0.462 e. The molecule has 1 N–H and O–H groups in total. The summed E-state index contributed by atoms with van der Waals surface area (Å²) in [4.78, 5) is 26.1. The number of hydrogen-bond donors (Lipinski definition) is 1. The highest BCUT2D eigenvalue weighted by atomic mass is 32.2. The minimum atomic E-state index is -0.372. The monoisotopic (exact) mass is 429 g/mol. The van der Waals surface area contributed by atoms with Gasteiger partial charge < -0.3 is 10.1 Å². The number of tetrazole rings is 1. The van der Waals surface area contributed by atoms with Gasteiger partial charge in [-0.05, 0) is 54.3 Å². The molecular weight excluding hydrogens is 410 g/mol. The highest BCUT2D eigenvalue weighted by Crippen LogP contribution is 2.39. The molecule has 1 aromatic carbocycles. The zero-order valence-electron chi connectivity index (χ0n) is 15.8. The Hall–Kier alpha value is -2.72. The number of amides is 1. The number of thiophene rings is 1. The molecule has 0 unspecified atom stereocenters. The van der Waals surface area contributed by atoms with Crippen molar-refractivity contribution in [2.24, 2.45) is 0 Å². The highest BCUT2D eigenvalue weighted by Gasteiger charge is 2.28. The molecule has 0 spiro atoms. The second-order valence-corrected chi connectivity index (χ2v) is 8.38. The Kier molecular flexibility index (Phi) is 5.91. The molecule has 29 heavy (non-hydrogen) atoms. The van der Waals surface area contributed by atoms with Gasteiger partial charge >= 0.3 is 5.97 Å². The Morgan fingerprint density at radius 2 is 2.10 bits per heavy atom. The maximum atomic E-state index is 12.6. The van der Waals surface area contributed by atoms with Gasteiger partial charge in [0.05, 0.1) is 23.6 Å². The smallest absolute Gasteiger partial charge is 0.341 e. The lowest BCUT2D eigenvalue weighted by molar-refractivity contribution is -0.113. The van der Waals surface area contributed by atoms with Gasteiger partial charge in [0.15, 0.2) is 0 Å². The van der Waals surface area contributed by atoms with Crippen molar-refractivity contribution in [3.05, 3.63) is 46.3 Å². The molecule has 0 aliphatic heterocycles. The summed E-state index contributed by atoms with van der Waals surface area (Å²) < 4.78 is 6.78. The van der Waals surface area contributed by atoms with Crippen LogP contribution in [0, 0.1) is 0 Å². The van der Waals surface area contributed by atoms with Crippen molar-refractivity contribution in [1.29, 1.82) is 0 Å². The number of para-hydroxylation sites is 1. The first-order valence-corrected chi connectivity index (χ1v) is 11.1. The number of carbonyl (C=O) groups excluding carboxylic acids is 2. The number of hydrogen-bond acceptors (Lipinski definition) is 8. The molecule has 1 aliphatic carbocycles. The summed E-state index contributed by atoms with van der Waals surface area (Å²) in [5.74, 6) is -0.469. The lowest BCUT2D eigenvalue weighted by Crippen LogP contribution is -2.17. The van der Waals surface area contributed by atoms with Crippen LogP contribution in [0.2, 0.25) is 0 Å². The van der Waals surface area contributed by atoms with Crippen molar-refractivity contribution in [1.82, 2.24) is 20.2 Å². The number of rotatable bonds is 7. The van der Waals surface area contributed by atoms with E-state index in [2.05, 4.69) is 20.8 Å². The average molecular weight is 430 g/mol. The molecule has 8 nitrogen and oxygen atoms in total. The molecule has 0 atom stereocenters. The predicted octanol–water partition coefficient (Wildman–Crippen LogP) is 3.12. The fourth-order valence-electron chi connectivity index (χ4n) is 3.20. The molecule has 2 heterocycles. The number of aryl methyl sites for hydroxylation is 1. The van der Waals surface area contributed by atoms with Gasteiger partial charge in [-0.2, -0.15) is 4.68 Å². The van der Waals surface area contributed by atoms with Crippen LogP contribution < -0.4 is 5.32 Å². The van der Waals surface area contributed by atoms with E-state index in [1.807, 2.05) is 30.3 Å². The number of carbonyl (C=O) groups is 2. The third-order valence-electron chi connectivity index (χ3n) is 4.43. The molecule has 0 fully saturated rings. The van der Waals surface area contributed by atoms with Crippen LogP contribution >= 0.6 is 23.1 Å². The molecule has 1 amide bonds. The fraction of sp³-hybridized carbons (Fsp3) is 0.316. The third kappa shape index (κ3) is 4.18. The molecule has 3 aromatic rings. The first-order valence-electron chi connectivity index (χ1n) is 9.25. The molecular formula is C19H19N5O3S2. The lowest BCUT2D eigenvalue weighted by Gasteiger charge is -2.08. The zero-order valence-corrected chi connectivity index (χ0v) is 17.4. The van der Waals surface area contributed by atoms with E-state index in [0.29, 0.717) is 22.3 Å². The van der Waals surface area contributed by atoms with E-state index in [1.165, 1.54) is 23.1 Å². The average Bonchev–Trinajstić information content (AvgIpc) is 3.43. The topological polar surface area (TPSA) is 99.0 Å². The van der Waals surface area contributed by atoms with E-state index >= 15 is 0 Å². The number of nitrogens with zero attached hydrogens (tertiary/aromatic N) is 4.